The van der Waals surface area contributed by atoms with Crippen LogP contribution in [0.4, 0.5) is 0 Å². The molecule has 3 aromatic carbocycles. The Labute approximate surface area is 115 Å². The van der Waals surface area contributed by atoms with Crippen LogP contribution in [-0.4, -0.2) is 0 Å². The van der Waals surface area contributed by atoms with Crippen LogP contribution < -0.4 is 0 Å². The number of hydrogen-bond acceptors (Lipinski definition) is 0. The molecule has 0 atom stereocenters. The van der Waals surface area contributed by atoms with Crippen LogP contribution in [0.5, 0.6) is 0 Å². The zero-order valence-electron chi connectivity index (χ0n) is 11.5. The van der Waals surface area contributed by atoms with Gasteiger partial charge in [0.2, 0.25) is 0 Å². The minimum absolute atomic E-state index is 1.19. The van der Waals surface area contributed by atoms with Crippen molar-refractivity contribution in [2.75, 3.05) is 0 Å². The summed E-state index contributed by atoms with van der Waals surface area (Å²) in [6.07, 6.45) is 5.07. The molecule has 19 heavy (non-hydrogen) atoms. The maximum Gasteiger partial charge on any atom is -0.0146 e. The van der Waals surface area contributed by atoms with E-state index in [2.05, 4.69) is 61.5 Å². The minimum Gasteiger partial charge on any atom is -0.0654 e. The van der Waals surface area contributed by atoms with Crippen LogP contribution in [0.25, 0.3) is 21.5 Å². The van der Waals surface area contributed by atoms with Gasteiger partial charge in [0.15, 0.2) is 0 Å². The summed E-state index contributed by atoms with van der Waals surface area (Å²) in [7, 11) is 0. The zero-order chi connectivity index (χ0) is 13.1. The van der Waals surface area contributed by atoms with Crippen molar-refractivity contribution >= 4 is 21.5 Å². The third-order valence-corrected chi connectivity index (χ3v) is 3.91. The second-order valence-corrected chi connectivity index (χ2v) is 5.25. The first-order chi connectivity index (χ1) is 9.40. The van der Waals surface area contributed by atoms with Gasteiger partial charge in [0.25, 0.3) is 0 Å². The maximum atomic E-state index is 2.31. The molecule has 0 aliphatic heterocycles. The highest BCUT2D eigenvalue weighted by molar-refractivity contribution is 6.02. The molecule has 0 saturated heterocycles. The molecule has 0 bridgehead atoms. The highest BCUT2D eigenvalue weighted by Gasteiger charge is 2.06. The van der Waals surface area contributed by atoms with Gasteiger partial charge in [0.05, 0.1) is 0 Å². The largest absolute Gasteiger partial charge is 0.0654 e. The number of fused-ring (bicyclic) bond motifs is 2. The Morgan fingerprint density at radius 2 is 1.32 bits per heavy atom. The summed E-state index contributed by atoms with van der Waals surface area (Å²) in [4.78, 5) is 0. The number of rotatable bonds is 4. The molecule has 0 aromatic heterocycles. The molecule has 0 radical (unpaired) electrons. The smallest absolute Gasteiger partial charge is 0.0146 e. The molecule has 0 aliphatic carbocycles. The average molecular weight is 248 g/mol. The maximum absolute atomic E-state index is 2.31. The second-order valence-electron chi connectivity index (χ2n) is 5.25. The van der Waals surface area contributed by atoms with E-state index in [1.165, 1.54) is 52.8 Å². The Kier molecular flexibility index (Phi) is 3.50. The van der Waals surface area contributed by atoms with E-state index < -0.39 is 0 Å². The lowest BCUT2D eigenvalue weighted by atomic mass is 9.93. The first-order valence-corrected chi connectivity index (χ1v) is 7.29. The van der Waals surface area contributed by atoms with Crippen LogP contribution in [0.15, 0.2) is 54.6 Å². The van der Waals surface area contributed by atoms with Crippen LogP contribution in [0.1, 0.15) is 31.7 Å². The highest BCUT2D eigenvalue weighted by atomic mass is 14.1. The number of unbranched alkanes of at least 4 members (excludes halogenated alkanes) is 2. The SMILES string of the molecule is CCCCCc1c2ccccc2cc2ccccc12. The van der Waals surface area contributed by atoms with Gasteiger partial charge < -0.3 is 0 Å². The fourth-order valence-electron chi connectivity index (χ4n) is 2.93. The molecule has 96 valence electrons. The molecule has 3 aromatic rings. The second kappa shape index (κ2) is 5.44. The summed E-state index contributed by atoms with van der Waals surface area (Å²) in [5.41, 5.74) is 1.53. The molecule has 0 fully saturated rings. The summed E-state index contributed by atoms with van der Waals surface area (Å²) < 4.78 is 0. The molecule has 0 nitrogen and oxygen atoms in total. The van der Waals surface area contributed by atoms with E-state index in [-0.39, 0.29) is 0 Å². The van der Waals surface area contributed by atoms with Crippen molar-refractivity contribution in [3.05, 3.63) is 60.2 Å². The molecule has 0 heteroatoms. The van der Waals surface area contributed by atoms with Gasteiger partial charge in [-0.2, -0.15) is 0 Å². The highest BCUT2D eigenvalue weighted by Crippen LogP contribution is 2.29. The van der Waals surface area contributed by atoms with Crippen molar-refractivity contribution in [3.63, 3.8) is 0 Å². The molecule has 0 saturated carbocycles. The van der Waals surface area contributed by atoms with E-state index in [0.717, 1.165) is 0 Å². The lowest BCUT2D eigenvalue weighted by molar-refractivity contribution is 0.722. The molecule has 0 amide bonds. The van der Waals surface area contributed by atoms with Gasteiger partial charge in [-0.05, 0) is 46.0 Å². The predicted molar refractivity (Wildman–Crippen MR) is 84.7 cm³/mol. The molecular weight excluding hydrogens is 228 g/mol. The van der Waals surface area contributed by atoms with Crippen molar-refractivity contribution in [1.29, 1.82) is 0 Å². The Bertz CT molecular complexity index is 641. The van der Waals surface area contributed by atoms with E-state index in [1.807, 2.05) is 0 Å². The van der Waals surface area contributed by atoms with Gasteiger partial charge in [-0.1, -0.05) is 68.3 Å². The van der Waals surface area contributed by atoms with Crippen LogP contribution >= 0.6 is 0 Å². The molecular formula is C19H20. The van der Waals surface area contributed by atoms with Gasteiger partial charge in [0.1, 0.15) is 0 Å². The lowest BCUT2D eigenvalue weighted by Crippen LogP contribution is -1.90. The van der Waals surface area contributed by atoms with Crippen LogP contribution in [-0.2, 0) is 6.42 Å². The Balaban J connectivity index is 2.21. The van der Waals surface area contributed by atoms with Gasteiger partial charge in [0, 0.05) is 0 Å². The summed E-state index contributed by atoms with van der Waals surface area (Å²) in [5.74, 6) is 0. The third-order valence-electron chi connectivity index (χ3n) is 3.91. The minimum atomic E-state index is 1.19. The van der Waals surface area contributed by atoms with Crippen LogP contribution in [0, 0.1) is 0 Å². The monoisotopic (exact) mass is 248 g/mol. The first-order valence-electron chi connectivity index (χ1n) is 7.29. The Hall–Kier alpha value is -1.82. The van der Waals surface area contributed by atoms with Crippen molar-refractivity contribution in [3.8, 4) is 0 Å². The Morgan fingerprint density at radius 1 is 0.737 bits per heavy atom. The summed E-state index contributed by atoms with van der Waals surface area (Å²) in [6.45, 7) is 2.27. The molecule has 0 unspecified atom stereocenters. The van der Waals surface area contributed by atoms with Gasteiger partial charge >= 0.3 is 0 Å². The molecule has 0 aliphatic rings. The van der Waals surface area contributed by atoms with Gasteiger partial charge in [-0.3, -0.25) is 0 Å². The van der Waals surface area contributed by atoms with E-state index in [1.54, 1.807) is 0 Å². The van der Waals surface area contributed by atoms with Crippen LogP contribution in [0.2, 0.25) is 0 Å². The van der Waals surface area contributed by atoms with E-state index in [0.29, 0.717) is 0 Å². The number of hydrogen-bond donors (Lipinski definition) is 0. The summed E-state index contributed by atoms with van der Waals surface area (Å²) >= 11 is 0. The lowest BCUT2D eigenvalue weighted by Gasteiger charge is -2.11. The van der Waals surface area contributed by atoms with E-state index in [9.17, 15) is 0 Å². The van der Waals surface area contributed by atoms with Crippen molar-refractivity contribution in [2.45, 2.75) is 32.6 Å². The van der Waals surface area contributed by atoms with Gasteiger partial charge in [-0.25, -0.2) is 0 Å². The summed E-state index contributed by atoms with van der Waals surface area (Å²) in [6, 6.07) is 19.9. The number of aryl methyl sites for hydroxylation is 1. The molecule has 3 rings (SSSR count). The molecule has 0 N–H and O–H groups in total. The van der Waals surface area contributed by atoms with Crippen LogP contribution in [0.3, 0.4) is 0 Å². The van der Waals surface area contributed by atoms with Crippen molar-refractivity contribution in [1.82, 2.24) is 0 Å². The quantitative estimate of drug-likeness (QED) is 0.409. The first kappa shape index (κ1) is 12.2. The van der Waals surface area contributed by atoms with Gasteiger partial charge in [-0.15, -0.1) is 0 Å². The number of benzene rings is 3. The predicted octanol–water partition coefficient (Wildman–Crippen LogP) is 5.73. The van der Waals surface area contributed by atoms with Crippen molar-refractivity contribution < 1.29 is 0 Å². The third kappa shape index (κ3) is 2.35. The fraction of sp³-hybridized carbons (Fsp3) is 0.263. The van der Waals surface area contributed by atoms with Crippen molar-refractivity contribution in [2.24, 2.45) is 0 Å². The van der Waals surface area contributed by atoms with E-state index >= 15 is 0 Å². The molecule has 0 spiro atoms. The normalized spacial score (nSPS) is 11.2. The molecule has 0 heterocycles. The average Bonchev–Trinajstić information content (AvgIpc) is 2.46. The summed E-state index contributed by atoms with van der Waals surface area (Å²) in [5, 5.41) is 5.59. The zero-order valence-corrected chi connectivity index (χ0v) is 11.5. The Morgan fingerprint density at radius 3 is 1.89 bits per heavy atom. The standard InChI is InChI=1S/C19H20/c1-2-3-4-13-19-17-11-7-5-9-15(17)14-16-10-6-8-12-18(16)19/h5-12,14H,2-4,13H2,1H3. The fourth-order valence-corrected chi connectivity index (χ4v) is 2.93. The van der Waals surface area contributed by atoms with E-state index in [4.69, 9.17) is 0 Å². The topological polar surface area (TPSA) is 0 Å².